The lowest BCUT2D eigenvalue weighted by Crippen LogP contribution is -2.07. The van der Waals surface area contributed by atoms with E-state index >= 15 is 0 Å². The van der Waals surface area contributed by atoms with E-state index in [2.05, 4.69) is 0 Å². The number of nitrogens with zero attached hydrogens (tertiary/aromatic N) is 1. The van der Waals surface area contributed by atoms with Crippen molar-refractivity contribution in [1.82, 2.24) is 0 Å². The molecular formula is C18H19NO5S. The molecule has 0 N–H and O–H groups in total. The molecule has 6 nitrogen and oxygen atoms in total. The van der Waals surface area contributed by atoms with Crippen molar-refractivity contribution in [2.24, 2.45) is 0 Å². The van der Waals surface area contributed by atoms with Crippen molar-refractivity contribution < 1.29 is 19.2 Å². The Morgan fingerprint density at radius 1 is 1.16 bits per heavy atom. The van der Waals surface area contributed by atoms with Gasteiger partial charge in [0, 0.05) is 24.3 Å². The highest BCUT2D eigenvalue weighted by molar-refractivity contribution is 7.98. The molecule has 0 unspecified atom stereocenters. The summed E-state index contributed by atoms with van der Waals surface area (Å²) in [4.78, 5) is 22.9. The second-order valence-electron chi connectivity index (χ2n) is 5.25. The summed E-state index contributed by atoms with van der Waals surface area (Å²) in [7, 11) is 1.60. The normalized spacial score (nSPS) is 10.3. The zero-order chi connectivity index (χ0) is 18.2. The fourth-order valence-electron chi connectivity index (χ4n) is 2.09. The van der Waals surface area contributed by atoms with Crippen LogP contribution in [0.4, 0.5) is 5.69 Å². The highest BCUT2D eigenvalue weighted by atomic mass is 32.2. The average molecular weight is 361 g/mol. The van der Waals surface area contributed by atoms with Gasteiger partial charge in [0.25, 0.3) is 5.69 Å². The van der Waals surface area contributed by atoms with Crippen molar-refractivity contribution in [1.29, 1.82) is 0 Å². The molecule has 0 spiro atoms. The Balaban J connectivity index is 2.14. The largest absolute Gasteiger partial charge is 0.497 e. The standard InChI is InChI=1S/C18H19NO5S/c1-3-4-18(20)24-15-9-10-16(19(21)22)17(11-15)25-12-13-5-7-14(23-2)8-6-13/h5-11H,3-4,12H2,1-2H3. The van der Waals surface area contributed by atoms with Gasteiger partial charge in [-0.3, -0.25) is 14.9 Å². The molecule has 0 aliphatic carbocycles. The van der Waals surface area contributed by atoms with Crippen molar-refractivity contribution in [3.8, 4) is 11.5 Å². The summed E-state index contributed by atoms with van der Waals surface area (Å²) in [5, 5.41) is 11.2. The lowest BCUT2D eigenvalue weighted by atomic mass is 10.2. The Labute approximate surface area is 150 Å². The quantitative estimate of drug-likeness (QED) is 0.225. The number of rotatable bonds is 8. The molecule has 0 amide bonds. The van der Waals surface area contributed by atoms with Gasteiger partial charge in [0.15, 0.2) is 0 Å². The van der Waals surface area contributed by atoms with Gasteiger partial charge in [-0.2, -0.15) is 0 Å². The molecule has 0 heterocycles. The van der Waals surface area contributed by atoms with Crippen LogP contribution >= 0.6 is 11.8 Å². The number of carbonyl (C=O) groups is 1. The van der Waals surface area contributed by atoms with E-state index in [0.717, 1.165) is 11.3 Å². The number of hydrogen-bond donors (Lipinski definition) is 0. The Bertz CT molecular complexity index is 746. The number of ether oxygens (including phenoxy) is 2. The summed E-state index contributed by atoms with van der Waals surface area (Å²) >= 11 is 1.32. The minimum atomic E-state index is -0.437. The van der Waals surface area contributed by atoms with Crippen molar-refractivity contribution in [3.05, 3.63) is 58.1 Å². The summed E-state index contributed by atoms with van der Waals surface area (Å²) in [6, 6.07) is 11.8. The van der Waals surface area contributed by atoms with Crippen LogP contribution in [0, 0.1) is 10.1 Å². The molecule has 132 valence electrons. The summed E-state index contributed by atoms with van der Waals surface area (Å²) in [5.74, 6) is 1.28. The third-order valence-electron chi connectivity index (χ3n) is 3.37. The number of nitro groups is 1. The Morgan fingerprint density at radius 2 is 1.84 bits per heavy atom. The molecule has 0 bridgehead atoms. The maximum absolute atomic E-state index is 11.6. The Morgan fingerprint density at radius 3 is 2.44 bits per heavy atom. The average Bonchev–Trinajstić information content (AvgIpc) is 2.60. The smallest absolute Gasteiger partial charge is 0.311 e. The van der Waals surface area contributed by atoms with Gasteiger partial charge in [-0.05, 0) is 30.2 Å². The summed E-state index contributed by atoms with van der Waals surface area (Å²) in [6.07, 6.45) is 0.996. The maximum Gasteiger partial charge on any atom is 0.311 e. The summed E-state index contributed by atoms with van der Waals surface area (Å²) in [5.41, 5.74) is 1.00. The van der Waals surface area contributed by atoms with Crippen LogP contribution in [0.3, 0.4) is 0 Å². The second-order valence-corrected chi connectivity index (χ2v) is 6.26. The van der Waals surface area contributed by atoms with E-state index in [1.165, 1.54) is 23.9 Å². The van der Waals surface area contributed by atoms with Crippen LogP contribution < -0.4 is 9.47 Å². The predicted octanol–water partition coefficient (Wildman–Crippen LogP) is 4.60. The molecule has 2 rings (SSSR count). The molecule has 0 atom stereocenters. The summed E-state index contributed by atoms with van der Waals surface area (Å²) < 4.78 is 10.3. The third kappa shape index (κ3) is 5.49. The van der Waals surface area contributed by atoms with E-state index < -0.39 is 4.92 Å². The number of thioether (sulfide) groups is 1. The Hall–Kier alpha value is -2.54. The molecule has 2 aromatic rings. The van der Waals surface area contributed by atoms with E-state index in [4.69, 9.17) is 9.47 Å². The zero-order valence-electron chi connectivity index (χ0n) is 14.1. The topological polar surface area (TPSA) is 78.7 Å². The van der Waals surface area contributed by atoms with Gasteiger partial charge in [-0.1, -0.05) is 19.1 Å². The van der Waals surface area contributed by atoms with Gasteiger partial charge in [0.1, 0.15) is 11.5 Å². The number of esters is 1. The van der Waals surface area contributed by atoms with Crippen molar-refractivity contribution >= 4 is 23.4 Å². The molecule has 0 aliphatic rings. The van der Waals surface area contributed by atoms with Crippen LogP contribution in [-0.2, 0) is 10.5 Å². The molecule has 0 aliphatic heterocycles. The molecule has 0 radical (unpaired) electrons. The monoisotopic (exact) mass is 361 g/mol. The van der Waals surface area contributed by atoms with Crippen LogP contribution in [0.1, 0.15) is 25.3 Å². The first-order valence-electron chi connectivity index (χ1n) is 7.78. The molecule has 0 saturated heterocycles. The highest BCUT2D eigenvalue weighted by Gasteiger charge is 2.16. The van der Waals surface area contributed by atoms with Crippen molar-refractivity contribution in [3.63, 3.8) is 0 Å². The van der Waals surface area contributed by atoms with Gasteiger partial charge in [0.2, 0.25) is 0 Å². The summed E-state index contributed by atoms with van der Waals surface area (Å²) in [6.45, 7) is 1.88. The minimum absolute atomic E-state index is 0.00574. The fraction of sp³-hybridized carbons (Fsp3) is 0.278. The molecule has 0 saturated carbocycles. The van der Waals surface area contributed by atoms with Crippen LogP contribution in [0.25, 0.3) is 0 Å². The Kier molecular flexibility index (Phi) is 6.82. The first kappa shape index (κ1) is 18.8. The highest BCUT2D eigenvalue weighted by Crippen LogP contribution is 2.35. The predicted molar refractivity (Wildman–Crippen MR) is 96.2 cm³/mol. The molecule has 0 fully saturated rings. The lowest BCUT2D eigenvalue weighted by molar-refractivity contribution is -0.387. The number of nitro benzene ring substituents is 1. The van der Waals surface area contributed by atoms with Crippen LogP contribution in [-0.4, -0.2) is 18.0 Å². The molecule has 7 heteroatoms. The van der Waals surface area contributed by atoms with Gasteiger partial charge in [0.05, 0.1) is 16.9 Å². The van der Waals surface area contributed by atoms with E-state index in [9.17, 15) is 14.9 Å². The van der Waals surface area contributed by atoms with Gasteiger partial charge in [-0.15, -0.1) is 11.8 Å². The SMILES string of the molecule is CCCC(=O)Oc1ccc([N+](=O)[O-])c(SCc2ccc(OC)cc2)c1. The van der Waals surface area contributed by atoms with Crippen molar-refractivity contribution in [2.75, 3.05) is 7.11 Å². The molecular weight excluding hydrogens is 342 g/mol. The first-order valence-corrected chi connectivity index (χ1v) is 8.77. The van der Waals surface area contributed by atoms with E-state index in [1.807, 2.05) is 31.2 Å². The molecule has 25 heavy (non-hydrogen) atoms. The van der Waals surface area contributed by atoms with Gasteiger partial charge < -0.3 is 9.47 Å². The zero-order valence-corrected chi connectivity index (χ0v) is 14.9. The van der Waals surface area contributed by atoms with E-state index in [1.54, 1.807) is 13.2 Å². The number of methoxy groups -OCH3 is 1. The van der Waals surface area contributed by atoms with Crippen molar-refractivity contribution in [2.45, 2.75) is 30.4 Å². The third-order valence-corrected chi connectivity index (χ3v) is 4.48. The lowest BCUT2D eigenvalue weighted by Gasteiger charge is -2.08. The molecule has 0 aromatic heterocycles. The minimum Gasteiger partial charge on any atom is -0.497 e. The van der Waals surface area contributed by atoms with Crippen LogP contribution in [0.2, 0.25) is 0 Å². The molecule has 2 aromatic carbocycles. The van der Waals surface area contributed by atoms with Crippen LogP contribution in [0.15, 0.2) is 47.4 Å². The number of carbonyl (C=O) groups excluding carboxylic acids is 1. The van der Waals surface area contributed by atoms with Crippen LogP contribution in [0.5, 0.6) is 11.5 Å². The number of benzene rings is 2. The first-order chi connectivity index (χ1) is 12.0. The maximum atomic E-state index is 11.6. The second kappa shape index (κ2) is 9.08. The van der Waals surface area contributed by atoms with Gasteiger partial charge >= 0.3 is 5.97 Å². The number of hydrogen-bond acceptors (Lipinski definition) is 6. The van der Waals surface area contributed by atoms with E-state index in [0.29, 0.717) is 29.2 Å². The fourth-order valence-corrected chi connectivity index (χ4v) is 3.10. The van der Waals surface area contributed by atoms with E-state index in [-0.39, 0.29) is 11.7 Å². The van der Waals surface area contributed by atoms with Gasteiger partial charge in [-0.25, -0.2) is 0 Å².